The van der Waals surface area contributed by atoms with Crippen molar-refractivity contribution in [3.05, 3.63) is 0 Å². The maximum Gasteiger partial charge on any atom is 0.356 e. The molecular weight excluding hydrogens is 191 g/mol. The van der Waals surface area contributed by atoms with Crippen LogP contribution in [0.25, 0.3) is 0 Å². The maximum absolute atomic E-state index is 10.9. The third-order valence-corrected chi connectivity index (χ3v) is 2.24. The van der Waals surface area contributed by atoms with E-state index in [-0.39, 0.29) is 12.5 Å². The third-order valence-electron chi connectivity index (χ3n) is 1.43. The molecule has 6 heteroatoms. The fourth-order valence-corrected chi connectivity index (χ4v) is 1.13. The smallest absolute Gasteiger partial charge is 0.273 e. The first-order valence-electron chi connectivity index (χ1n) is 3.01. The Morgan fingerprint density at radius 1 is 1.45 bits per heavy atom. The fraction of sp³-hybridized carbons (Fsp3) is 0.600. The zero-order chi connectivity index (χ0) is 8.59. The van der Waals surface area contributed by atoms with Gasteiger partial charge >= 0.3 is 6.03 Å². The normalized spacial score (nSPS) is 26.3. The largest absolute Gasteiger partial charge is 0.356 e. The number of rotatable bonds is 0. The molecule has 0 saturated carbocycles. The Hall–Kier alpha value is -0.480. The van der Waals surface area contributed by atoms with Gasteiger partial charge in [0.15, 0.2) is 0 Å². The van der Waals surface area contributed by atoms with E-state index < -0.39 is 11.9 Å². The number of halogens is 2. The number of hydrogen-bond acceptors (Lipinski definition) is 2. The molecule has 0 bridgehead atoms. The lowest BCUT2D eigenvalue weighted by atomic mass is 10.2. The Morgan fingerprint density at radius 2 is 2.00 bits per heavy atom. The Morgan fingerprint density at radius 3 is 2.55 bits per heavy atom. The van der Waals surface area contributed by atoms with Crippen LogP contribution in [0.15, 0.2) is 0 Å². The standard InChI is InChI=1S/C5H6Cl2N2O2/c1-3-2-4(10)9(7)5(11)8(3)6/h3H,2H2,1H3/t3-/m1/s1. The Balaban J connectivity index is 2.79. The molecule has 1 atom stereocenters. The van der Waals surface area contributed by atoms with Gasteiger partial charge in [0.1, 0.15) is 0 Å². The van der Waals surface area contributed by atoms with Gasteiger partial charge in [0.2, 0.25) is 5.91 Å². The van der Waals surface area contributed by atoms with E-state index in [0.29, 0.717) is 4.42 Å². The highest BCUT2D eigenvalue weighted by molar-refractivity contribution is 6.34. The molecule has 1 aliphatic heterocycles. The average Bonchev–Trinajstić information content (AvgIpc) is 1.97. The molecule has 1 fully saturated rings. The highest BCUT2D eigenvalue weighted by Gasteiger charge is 2.35. The molecule has 0 aromatic rings. The van der Waals surface area contributed by atoms with Gasteiger partial charge < -0.3 is 0 Å². The molecular formula is C5H6Cl2N2O2. The van der Waals surface area contributed by atoms with Gasteiger partial charge in [-0.15, -0.1) is 0 Å². The van der Waals surface area contributed by atoms with Crippen molar-refractivity contribution in [2.24, 2.45) is 0 Å². The number of nitrogens with zero attached hydrogens (tertiary/aromatic N) is 2. The Labute approximate surface area is 73.9 Å². The minimum atomic E-state index is -0.683. The number of imide groups is 1. The first kappa shape index (κ1) is 8.62. The van der Waals surface area contributed by atoms with E-state index in [9.17, 15) is 9.59 Å². The zero-order valence-corrected chi connectivity index (χ0v) is 7.26. The number of urea groups is 1. The molecule has 1 aliphatic rings. The van der Waals surface area contributed by atoms with Crippen LogP contribution in [-0.4, -0.2) is 26.8 Å². The molecule has 0 radical (unpaired) electrons. The molecule has 0 aliphatic carbocycles. The topological polar surface area (TPSA) is 40.6 Å². The fourth-order valence-electron chi connectivity index (χ4n) is 0.792. The molecule has 11 heavy (non-hydrogen) atoms. The van der Waals surface area contributed by atoms with Gasteiger partial charge in [-0.1, -0.05) is 0 Å². The molecule has 62 valence electrons. The summed E-state index contributed by atoms with van der Waals surface area (Å²) >= 11 is 10.8. The molecule has 4 nitrogen and oxygen atoms in total. The zero-order valence-electron chi connectivity index (χ0n) is 5.75. The lowest BCUT2D eigenvalue weighted by Gasteiger charge is -2.29. The van der Waals surface area contributed by atoms with Crippen LogP contribution in [0, 0.1) is 0 Å². The molecule has 1 saturated heterocycles. The third kappa shape index (κ3) is 1.41. The number of carbonyl (C=O) groups is 2. The molecule has 0 unspecified atom stereocenters. The quantitative estimate of drug-likeness (QED) is 0.549. The SMILES string of the molecule is C[C@@H]1CC(=O)N(Cl)C(=O)N1Cl. The van der Waals surface area contributed by atoms with Crippen LogP contribution < -0.4 is 0 Å². The monoisotopic (exact) mass is 196 g/mol. The molecule has 0 aromatic heterocycles. The Bertz CT molecular complexity index is 209. The minimum Gasteiger partial charge on any atom is -0.273 e. The summed E-state index contributed by atoms with van der Waals surface area (Å²) in [6.45, 7) is 1.67. The molecule has 0 N–H and O–H groups in total. The summed E-state index contributed by atoms with van der Waals surface area (Å²) in [5.41, 5.74) is 0. The molecule has 1 rings (SSSR count). The van der Waals surface area contributed by atoms with Crippen molar-refractivity contribution in [3.8, 4) is 0 Å². The van der Waals surface area contributed by atoms with Crippen molar-refractivity contribution in [2.75, 3.05) is 0 Å². The van der Waals surface area contributed by atoms with Gasteiger partial charge in [0, 0.05) is 23.6 Å². The van der Waals surface area contributed by atoms with Gasteiger partial charge in [-0.3, -0.25) is 4.79 Å². The summed E-state index contributed by atoms with van der Waals surface area (Å²) in [5, 5.41) is 0. The van der Waals surface area contributed by atoms with Crippen molar-refractivity contribution in [1.29, 1.82) is 0 Å². The van der Waals surface area contributed by atoms with Gasteiger partial charge in [-0.05, 0) is 6.92 Å². The van der Waals surface area contributed by atoms with Crippen molar-refractivity contribution >= 4 is 35.5 Å². The first-order chi connectivity index (χ1) is 5.04. The van der Waals surface area contributed by atoms with E-state index in [4.69, 9.17) is 23.6 Å². The maximum atomic E-state index is 10.9. The summed E-state index contributed by atoms with van der Waals surface area (Å²) in [7, 11) is 0. The number of amides is 3. The Kier molecular flexibility index (Phi) is 2.25. The van der Waals surface area contributed by atoms with Gasteiger partial charge in [0.25, 0.3) is 0 Å². The highest BCUT2D eigenvalue weighted by atomic mass is 35.5. The van der Waals surface area contributed by atoms with Crippen LogP contribution in [-0.2, 0) is 4.79 Å². The van der Waals surface area contributed by atoms with Crippen molar-refractivity contribution in [3.63, 3.8) is 0 Å². The van der Waals surface area contributed by atoms with Crippen LogP contribution >= 0.6 is 23.6 Å². The number of carbonyl (C=O) groups excluding carboxylic acids is 2. The predicted octanol–water partition coefficient (Wildman–Crippen LogP) is 1.34. The van der Waals surface area contributed by atoms with Crippen LogP contribution in [0.2, 0.25) is 0 Å². The first-order valence-corrected chi connectivity index (χ1v) is 3.69. The van der Waals surface area contributed by atoms with E-state index in [1.165, 1.54) is 0 Å². The van der Waals surface area contributed by atoms with E-state index in [0.717, 1.165) is 4.42 Å². The summed E-state index contributed by atoms with van der Waals surface area (Å²) in [6.07, 6.45) is 0.165. The lowest BCUT2D eigenvalue weighted by molar-refractivity contribution is -0.127. The average molecular weight is 197 g/mol. The second kappa shape index (κ2) is 2.87. The second-order valence-electron chi connectivity index (χ2n) is 2.32. The van der Waals surface area contributed by atoms with E-state index in [1.807, 2.05) is 0 Å². The molecule has 0 spiro atoms. The highest BCUT2D eigenvalue weighted by Crippen LogP contribution is 2.20. The van der Waals surface area contributed by atoms with Gasteiger partial charge in [-0.25, -0.2) is 9.21 Å². The van der Waals surface area contributed by atoms with Gasteiger partial charge in [-0.2, -0.15) is 4.42 Å². The number of hydrogen-bond donors (Lipinski definition) is 0. The van der Waals surface area contributed by atoms with Crippen molar-refractivity contribution in [2.45, 2.75) is 19.4 Å². The summed E-state index contributed by atoms with van der Waals surface area (Å²) < 4.78 is 1.40. The lowest BCUT2D eigenvalue weighted by Crippen LogP contribution is -2.47. The predicted molar refractivity (Wildman–Crippen MR) is 39.9 cm³/mol. The van der Waals surface area contributed by atoms with Crippen LogP contribution in [0.5, 0.6) is 0 Å². The molecule has 1 heterocycles. The van der Waals surface area contributed by atoms with Crippen molar-refractivity contribution < 1.29 is 9.59 Å². The second-order valence-corrected chi connectivity index (χ2v) is 3.02. The van der Waals surface area contributed by atoms with Crippen molar-refractivity contribution in [1.82, 2.24) is 8.84 Å². The molecule has 0 aromatic carbocycles. The summed E-state index contributed by atoms with van der Waals surface area (Å²) in [4.78, 5) is 21.8. The van der Waals surface area contributed by atoms with E-state index >= 15 is 0 Å². The molecule has 3 amide bonds. The van der Waals surface area contributed by atoms with E-state index in [1.54, 1.807) is 6.92 Å². The van der Waals surface area contributed by atoms with E-state index in [2.05, 4.69) is 0 Å². The van der Waals surface area contributed by atoms with Crippen LogP contribution in [0.3, 0.4) is 0 Å². The summed E-state index contributed by atoms with van der Waals surface area (Å²) in [5.74, 6) is -0.416. The van der Waals surface area contributed by atoms with Crippen LogP contribution in [0.1, 0.15) is 13.3 Å². The van der Waals surface area contributed by atoms with Crippen LogP contribution in [0.4, 0.5) is 4.79 Å². The van der Waals surface area contributed by atoms with Gasteiger partial charge in [0.05, 0.1) is 12.5 Å². The summed E-state index contributed by atoms with van der Waals surface area (Å²) in [6, 6.07) is -0.969. The minimum absolute atomic E-state index is 0.165.